The maximum Gasteiger partial charge on any atom is 0.247 e. The van der Waals surface area contributed by atoms with Crippen LogP contribution in [0.3, 0.4) is 0 Å². The van der Waals surface area contributed by atoms with E-state index in [2.05, 4.69) is 0 Å². The molecule has 1 aromatic heterocycles. The van der Waals surface area contributed by atoms with Crippen LogP contribution in [0.1, 0.15) is 10.9 Å². The van der Waals surface area contributed by atoms with E-state index >= 15 is 0 Å². The van der Waals surface area contributed by atoms with Gasteiger partial charge in [0, 0.05) is 10.6 Å². The summed E-state index contributed by atoms with van der Waals surface area (Å²) in [6.45, 7) is 0. The summed E-state index contributed by atoms with van der Waals surface area (Å²) in [5, 5.41) is 1.95. The number of rotatable bonds is 2. The Morgan fingerprint density at radius 2 is 1.94 bits per heavy atom. The number of hydrogen-bond donors (Lipinski definition) is 1. The monoisotopic (exact) mass is 262 g/mol. The number of halogens is 1. The molecule has 92 valence electrons. The highest BCUT2D eigenvalue weighted by atomic mass is 32.1. The standard InChI is InChI=1S/C13H11FN2OS/c14-8-3-5-9(6-4-8)16-12(11(15)13(16)17)10-2-1-7-18-10/h1-7,11-12H,15H2/t11-,12-/m1/s1. The van der Waals surface area contributed by atoms with E-state index in [0.717, 1.165) is 4.88 Å². The first-order chi connectivity index (χ1) is 8.68. The number of anilines is 1. The fraction of sp³-hybridized carbons (Fsp3) is 0.154. The summed E-state index contributed by atoms with van der Waals surface area (Å²) >= 11 is 1.57. The quantitative estimate of drug-likeness (QED) is 0.844. The Morgan fingerprint density at radius 1 is 1.22 bits per heavy atom. The number of carbonyl (C=O) groups is 1. The topological polar surface area (TPSA) is 46.3 Å². The third kappa shape index (κ3) is 1.63. The van der Waals surface area contributed by atoms with Gasteiger partial charge in [-0.05, 0) is 35.7 Å². The van der Waals surface area contributed by atoms with Gasteiger partial charge in [0.15, 0.2) is 0 Å². The zero-order chi connectivity index (χ0) is 12.7. The Labute approximate surface area is 108 Å². The van der Waals surface area contributed by atoms with Crippen molar-refractivity contribution in [1.82, 2.24) is 0 Å². The molecule has 0 aliphatic carbocycles. The Bertz CT molecular complexity index is 567. The maximum absolute atomic E-state index is 12.9. The second kappa shape index (κ2) is 4.19. The predicted octanol–water partition coefficient (Wildman–Crippen LogP) is 2.30. The lowest BCUT2D eigenvalue weighted by molar-refractivity contribution is -0.126. The van der Waals surface area contributed by atoms with Gasteiger partial charge >= 0.3 is 0 Å². The highest BCUT2D eigenvalue weighted by Gasteiger charge is 2.47. The number of thiophene rings is 1. The van der Waals surface area contributed by atoms with Gasteiger partial charge in [-0.2, -0.15) is 0 Å². The van der Waals surface area contributed by atoms with Crippen molar-refractivity contribution >= 4 is 22.9 Å². The minimum atomic E-state index is -0.506. The van der Waals surface area contributed by atoms with Crippen molar-refractivity contribution in [2.24, 2.45) is 5.73 Å². The smallest absolute Gasteiger partial charge is 0.247 e. The first-order valence-corrected chi connectivity index (χ1v) is 6.44. The van der Waals surface area contributed by atoms with Crippen LogP contribution in [0.2, 0.25) is 0 Å². The fourth-order valence-electron chi connectivity index (χ4n) is 2.16. The van der Waals surface area contributed by atoms with E-state index in [4.69, 9.17) is 5.73 Å². The first kappa shape index (κ1) is 11.4. The Hall–Kier alpha value is -1.72. The van der Waals surface area contributed by atoms with E-state index in [0.29, 0.717) is 5.69 Å². The molecule has 0 spiro atoms. The third-order valence-corrected chi connectivity index (χ3v) is 4.02. The molecule has 1 aliphatic heterocycles. The van der Waals surface area contributed by atoms with E-state index in [-0.39, 0.29) is 17.8 Å². The molecule has 1 fully saturated rings. The molecule has 0 saturated carbocycles. The molecule has 2 atom stereocenters. The van der Waals surface area contributed by atoms with Gasteiger partial charge in [-0.25, -0.2) is 4.39 Å². The fourth-order valence-corrected chi connectivity index (χ4v) is 3.03. The van der Waals surface area contributed by atoms with Gasteiger partial charge in [-0.1, -0.05) is 6.07 Å². The van der Waals surface area contributed by atoms with Crippen LogP contribution in [-0.2, 0) is 4.79 Å². The molecule has 3 rings (SSSR count). The summed E-state index contributed by atoms with van der Waals surface area (Å²) < 4.78 is 12.9. The number of β-lactam (4-membered cyclic amide) rings is 1. The van der Waals surface area contributed by atoms with E-state index < -0.39 is 6.04 Å². The molecule has 2 aromatic rings. The number of benzene rings is 1. The minimum absolute atomic E-state index is 0.125. The SMILES string of the molecule is N[C@H]1C(=O)N(c2ccc(F)cc2)[C@@H]1c1cccs1. The van der Waals surface area contributed by atoms with Gasteiger partial charge in [0.05, 0.1) is 6.04 Å². The van der Waals surface area contributed by atoms with Crippen molar-refractivity contribution in [3.8, 4) is 0 Å². The van der Waals surface area contributed by atoms with Crippen molar-refractivity contribution in [1.29, 1.82) is 0 Å². The molecule has 1 saturated heterocycles. The Morgan fingerprint density at radius 3 is 2.56 bits per heavy atom. The van der Waals surface area contributed by atoms with Crippen LogP contribution in [0.5, 0.6) is 0 Å². The van der Waals surface area contributed by atoms with Crippen LogP contribution in [0.4, 0.5) is 10.1 Å². The average molecular weight is 262 g/mol. The number of hydrogen-bond acceptors (Lipinski definition) is 3. The van der Waals surface area contributed by atoms with Gasteiger partial charge in [-0.15, -0.1) is 11.3 Å². The van der Waals surface area contributed by atoms with Crippen molar-refractivity contribution in [3.05, 3.63) is 52.5 Å². The highest BCUT2D eigenvalue weighted by Crippen LogP contribution is 2.39. The molecule has 0 bridgehead atoms. The van der Waals surface area contributed by atoms with Crippen molar-refractivity contribution in [2.75, 3.05) is 4.90 Å². The highest BCUT2D eigenvalue weighted by molar-refractivity contribution is 7.10. The van der Waals surface area contributed by atoms with Crippen LogP contribution in [-0.4, -0.2) is 11.9 Å². The number of nitrogens with zero attached hydrogens (tertiary/aromatic N) is 1. The lowest BCUT2D eigenvalue weighted by Gasteiger charge is -2.44. The summed E-state index contributed by atoms with van der Waals surface area (Å²) in [6.07, 6.45) is 0. The molecule has 18 heavy (non-hydrogen) atoms. The summed E-state index contributed by atoms with van der Waals surface area (Å²) in [5.74, 6) is -0.441. The van der Waals surface area contributed by atoms with Gasteiger partial charge in [-0.3, -0.25) is 4.79 Å². The average Bonchev–Trinajstić information content (AvgIpc) is 2.89. The zero-order valence-corrected chi connectivity index (χ0v) is 10.2. The number of carbonyl (C=O) groups excluding carboxylic acids is 1. The van der Waals surface area contributed by atoms with Crippen molar-refractivity contribution in [3.63, 3.8) is 0 Å². The lowest BCUT2D eigenvalue weighted by Crippen LogP contribution is -2.63. The van der Waals surface area contributed by atoms with E-state index in [9.17, 15) is 9.18 Å². The van der Waals surface area contributed by atoms with E-state index in [1.54, 1.807) is 28.4 Å². The van der Waals surface area contributed by atoms with Crippen LogP contribution < -0.4 is 10.6 Å². The van der Waals surface area contributed by atoms with Crippen molar-refractivity contribution < 1.29 is 9.18 Å². The van der Waals surface area contributed by atoms with Gasteiger partial charge in [0.1, 0.15) is 11.9 Å². The molecule has 2 heterocycles. The van der Waals surface area contributed by atoms with Crippen LogP contribution in [0.15, 0.2) is 41.8 Å². The summed E-state index contributed by atoms with van der Waals surface area (Å²) in [7, 11) is 0. The largest absolute Gasteiger partial charge is 0.318 e. The van der Waals surface area contributed by atoms with Gasteiger partial charge < -0.3 is 10.6 Å². The summed E-state index contributed by atoms with van der Waals surface area (Å²) in [6, 6.07) is 9.13. The molecule has 1 aliphatic rings. The molecule has 5 heteroatoms. The van der Waals surface area contributed by atoms with Crippen molar-refractivity contribution in [2.45, 2.75) is 12.1 Å². The molecular weight excluding hydrogens is 251 g/mol. The molecular formula is C13H11FN2OS. The Kier molecular flexibility index (Phi) is 2.65. The predicted molar refractivity (Wildman–Crippen MR) is 68.9 cm³/mol. The van der Waals surface area contributed by atoms with Crippen LogP contribution in [0, 0.1) is 5.82 Å². The number of amides is 1. The van der Waals surface area contributed by atoms with Crippen LogP contribution in [0.25, 0.3) is 0 Å². The van der Waals surface area contributed by atoms with Crippen LogP contribution >= 0.6 is 11.3 Å². The first-order valence-electron chi connectivity index (χ1n) is 5.56. The Balaban J connectivity index is 1.95. The van der Waals surface area contributed by atoms with E-state index in [1.165, 1.54) is 12.1 Å². The second-order valence-electron chi connectivity index (χ2n) is 4.17. The minimum Gasteiger partial charge on any atom is -0.318 e. The number of nitrogens with two attached hydrogens (primary N) is 1. The lowest BCUT2D eigenvalue weighted by atomic mass is 9.93. The molecule has 3 nitrogen and oxygen atoms in total. The normalized spacial score (nSPS) is 23.0. The van der Waals surface area contributed by atoms with E-state index in [1.807, 2.05) is 17.5 Å². The zero-order valence-electron chi connectivity index (χ0n) is 9.42. The third-order valence-electron chi connectivity index (χ3n) is 3.08. The molecule has 0 radical (unpaired) electrons. The van der Waals surface area contributed by atoms with Gasteiger partial charge in [0.2, 0.25) is 5.91 Å². The summed E-state index contributed by atoms with van der Waals surface area (Å²) in [4.78, 5) is 14.5. The molecule has 1 amide bonds. The molecule has 2 N–H and O–H groups in total. The van der Waals surface area contributed by atoms with Gasteiger partial charge in [0.25, 0.3) is 0 Å². The molecule has 1 aromatic carbocycles. The molecule has 0 unspecified atom stereocenters. The summed E-state index contributed by atoms with van der Waals surface area (Å²) in [5.41, 5.74) is 6.54. The maximum atomic E-state index is 12.9. The second-order valence-corrected chi connectivity index (χ2v) is 5.15.